The summed E-state index contributed by atoms with van der Waals surface area (Å²) in [5, 5.41) is 7.52. The molecule has 0 amide bonds. The van der Waals surface area contributed by atoms with Crippen molar-refractivity contribution in [2.75, 3.05) is 0 Å². The number of H-pyrrole nitrogens is 1. The van der Waals surface area contributed by atoms with E-state index in [9.17, 15) is 8.42 Å². The molecule has 2 heterocycles. The van der Waals surface area contributed by atoms with Crippen molar-refractivity contribution in [3.63, 3.8) is 0 Å². The number of aromatic amines is 1. The van der Waals surface area contributed by atoms with Crippen LogP contribution in [0.5, 0.6) is 0 Å². The molecule has 0 atom stereocenters. The second-order valence-electron chi connectivity index (χ2n) is 4.84. The highest BCUT2D eigenvalue weighted by molar-refractivity contribution is 7.89. The smallest absolute Gasteiger partial charge is 0.244 e. The standard InChI is InChI=1S/C14H15N3O3S/c1-9-14(10(2)17-16-9)21(18,19)15-8-12-7-11-5-3-4-6-13(11)20-12/h3-7,15H,8H2,1-2H3,(H,16,17). The quantitative estimate of drug-likeness (QED) is 0.774. The first-order valence-corrected chi connectivity index (χ1v) is 7.94. The Kier molecular flexibility index (Phi) is 3.30. The number of benzene rings is 1. The van der Waals surface area contributed by atoms with E-state index in [-0.39, 0.29) is 11.4 Å². The summed E-state index contributed by atoms with van der Waals surface area (Å²) in [5.41, 5.74) is 1.71. The van der Waals surface area contributed by atoms with Crippen molar-refractivity contribution >= 4 is 21.0 Å². The van der Waals surface area contributed by atoms with Crippen LogP contribution in [0.25, 0.3) is 11.0 Å². The summed E-state index contributed by atoms with van der Waals surface area (Å²) in [4.78, 5) is 0.193. The molecule has 0 aliphatic carbocycles. The van der Waals surface area contributed by atoms with Gasteiger partial charge in [-0.3, -0.25) is 5.10 Å². The molecule has 0 saturated heterocycles. The van der Waals surface area contributed by atoms with Gasteiger partial charge in [0, 0.05) is 5.39 Å². The molecule has 7 heteroatoms. The molecule has 2 aromatic heterocycles. The van der Waals surface area contributed by atoms with Gasteiger partial charge in [0.25, 0.3) is 0 Å². The molecule has 21 heavy (non-hydrogen) atoms. The molecule has 0 radical (unpaired) electrons. The fraction of sp³-hybridized carbons (Fsp3) is 0.214. The maximum absolute atomic E-state index is 12.3. The van der Waals surface area contributed by atoms with Crippen molar-refractivity contribution < 1.29 is 12.8 Å². The summed E-state index contributed by atoms with van der Waals surface area (Å²) in [5.74, 6) is 0.568. The molecule has 0 aliphatic heterocycles. The van der Waals surface area contributed by atoms with Gasteiger partial charge < -0.3 is 4.42 Å². The number of sulfonamides is 1. The van der Waals surface area contributed by atoms with Crippen LogP contribution in [0.1, 0.15) is 17.1 Å². The number of hydrogen-bond donors (Lipinski definition) is 2. The number of rotatable bonds is 4. The van der Waals surface area contributed by atoms with Gasteiger partial charge in [0.2, 0.25) is 10.0 Å². The average Bonchev–Trinajstić information content (AvgIpc) is 3.00. The molecule has 3 rings (SSSR count). The highest BCUT2D eigenvalue weighted by Gasteiger charge is 2.22. The zero-order valence-electron chi connectivity index (χ0n) is 11.7. The summed E-state index contributed by atoms with van der Waals surface area (Å²) in [6.07, 6.45) is 0. The van der Waals surface area contributed by atoms with Gasteiger partial charge in [-0.1, -0.05) is 18.2 Å². The van der Waals surface area contributed by atoms with E-state index in [4.69, 9.17) is 4.42 Å². The first-order chi connectivity index (χ1) is 9.97. The molecule has 3 aromatic rings. The minimum Gasteiger partial charge on any atom is -0.460 e. The van der Waals surface area contributed by atoms with Crippen LogP contribution in [-0.4, -0.2) is 18.6 Å². The molecule has 0 aliphatic rings. The number of furan rings is 1. The van der Waals surface area contributed by atoms with E-state index in [1.807, 2.05) is 30.3 Å². The summed E-state index contributed by atoms with van der Waals surface area (Å²) < 4.78 is 32.8. The number of hydrogen-bond acceptors (Lipinski definition) is 4. The molecular weight excluding hydrogens is 290 g/mol. The molecule has 1 aromatic carbocycles. The van der Waals surface area contributed by atoms with E-state index in [1.54, 1.807) is 13.8 Å². The Morgan fingerprint density at radius 3 is 2.71 bits per heavy atom. The minimum absolute atomic E-state index is 0.0983. The van der Waals surface area contributed by atoms with Gasteiger partial charge in [0.1, 0.15) is 16.2 Å². The van der Waals surface area contributed by atoms with Crippen LogP contribution < -0.4 is 4.72 Å². The lowest BCUT2D eigenvalue weighted by Crippen LogP contribution is -2.24. The SMILES string of the molecule is Cc1n[nH]c(C)c1S(=O)(=O)NCc1cc2ccccc2o1. The topological polar surface area (TPSA) is 88.0 Å². The monoisotopic (exact) mass is 305 g/mol. The van der Waals surface area contributed by atoms with Crippen LogP contribution >= 0.6 is 0 Å². The first kappa shape index (κ1) is 13.8. The zero-order chi connectivity index (χ0) is 15.0. The fourth-order valence-corrected chi connectivity index (χ4v) is 3.66. The van der Waals surface area contributed by atoms with Gasteiger partial charge in [-0.25, -0.2) is 13.1 Å². The number of fused-ring (bicyclic) bond motifs is 1. The molecule has 0 spiro atoms. The van der Waals surface area contributed by atoms with Gasteiger partial charge in [0.15, 0.2) is 0 Å². The molecule has 0 bridgehead atoms. The average molecular weight is 305 g/mol. The minimum atomic E-state index is -3.62. The maximum atomic E-state index is 12.3. The second kappa shape index (κ2) is 5.01. The predicted molar refractivity (Wildman–Crippen MR) is 78.3 cm³/mol. The lowest BCUT2D eigenvalue weighted by Gasteiger charge is -2.05. The largest absolute Gasteiger partial charge is 0.460 e. The first-order valence-electron chi connectivity index (χ1n) is 6.46. The number of nitrogens with zero attached hydrogens (tertiary/aromatic N) is 1. The number of para-hydroxylation sites is 1. The molecule has 0 saturated carbocycles. The molecule has 110 valence electrons. The van der Waals surface area contributed by atoms with Gasteiger partial charge in [-0.2, -0.15) is 5.10 Å². The Morgan fingerprint density at radius 2 is 2.05 bits per heavy atom. The van der Waals surface area contributed by atoms with E-state index >= 15 is 0 Å². The fourth-order valence-electron chi connectivity index (χ4n) is 2.30. The van der Waals surface area contributed by atoms with Crippen LogP contribution in [0.3, 0.4) is 0 Å². The lowest BCUT2D eigenvalue weighted by molar-refractivity contribution is 0.529. The van der Waals surface area contributed by atoms with Crippen LogP contribution in [0.15, 0.2) is 39.6 Å². The van der Waals surface area contributed by atoms with Gasteiger partial charge in [-0.15, -0.1) is 0 Å². The van der Waals surface area contributed by atoms with Gasteiger partial charge in [0.05, 0.1) is 17.9 Å². The molecular formula is C14H15N3O3S. The third kappa shape index (κ3) is 2.57. The van der Waals surface area contributed by atoms with Crippen LogP contribution in [-0.2, 0) is 16.6 Å². The maximum Gasteiger partial charge on any atom is 0.244 e. The summed E-state index contributed by atoms with van der Waals surface area (Å²) >= 11 is 0. The second-order valence-corrected chi connectivity index (χ2v) is 6.54. The number of aromatic nitrogens is 2. The van der Waals surface area contributed by atoms with Crippen molar-refractivity contribution in [2.45, 2.75) is 25.3 Å². The van der Waals surface area contributed by atoms with E-state index < -0.39 is 10.0 Å². The Balaban J connectivity index is 1.84. The normalized spacial score (nSPS) is 12.1. The van der Waals surface area contributed by atoms with Gasteiger partial charge in [-0.05, 0) is 26.0 Å². The van der Waals surface area contributed by atoms with Crippen molar-refractivity contribution in [2.24, 2.45) is 0 Å². The molecule has 0 fully saturated rings. The Bertz CT molecular complexity index is 841. The Morgan fingerprint density at radius 1 is 1.29 bits per heavy atom. The summed E-state index contributed by atoms with van der Waals surface area (Å²) in [6, 6.07) is 9.37. The highest BCUT2D eigenvalue weighted by Crippen LogP contribution is 2.20. The van der Waals surface area contributed by atoms with Crippen LogP contribution in [0, 0.1) is 13.8 Å². The van der Waals surface area contributed by atoms with E-state index in [1.165, 1.54) is 0 Å². The van der Waals surface area contributed by atoms with Crippen molar-refractivity contribution in [3.05, 3.63) is 47.5 Å². The highest BCUT2D eigenvalue weighted by atomic mass is 32.2. The zero-order valence-corrected chi connectivity index (χ0v) is 12.5. The molecule has 2 N–H and O–H groups in total. The number of nitrogens with one attached hydrogen (secondary N) is 2. The Hall–Kier alpha value is -2.12. The van der Waals surface area contributed by atoms with E-state index in [2.05, 4.69) is 14.9 Å². The lowest BCUT2D eigenvalue weighted by atomic mass is 10.2. The summed E-state index contributed by atoms with van der Waals surface area (Å²) in [6.45, 7) is 3.43. The third-order valence-corrected chi connectivity index (χ3v) is 4.91. The molecule has 6 nitrogen and oxygen atoms in total. The van der Waals surface area contributed by atoms with E-state index in [0.29, 0.717) is 17.1 Å². The molecule has 0 unspecified atom stereocenters. The number of aryl methyl sites for hydroxylation is 2. The van der Waals surface area contributed by atoms with Crippen LogP contribution in [0.2, 0.25) is 0 Å². The predicted octanol–water partition coefficient (Wildman–Crippen LogP) is 2.25. The summed E-state index contributed by atoms with van der Waals surface area (Å²) in [7, 11) is -3.62. The Labute approximate surface area is 122 Å². The van der Waals surface area contributed by atoms with Gasteiger partial charge >= 0.3 is 0 Å². The van der Waals surface area contributed by atoms with Crippen LogP contribution in [0.4, 0.5) is 0 Å². The van der Waals surface area contributed by atoms with Crippen molar-refractivity contribution in [1.29, 1.82) is 0 Å². The third-order valence-electron chi connectivity index (χ3n) is 3.24. The van der Waals surface area contributed by atoms with Crippen molar-refractivity contribution in [1.82, 2.24) is 14.9 Å². The van der Waals surface area contributed by atoms with E-state index in [0.717, 1.165) is 11.0 Å². The van der Waals surface area contributed by atoms with Crippen molar-refractivity contribution in [3.8, 4) is 0 Å².